The van der Waals surface area contributed by atoms with Gasteiger partial charge in [0.05, 0.1) is 18.5 Å². The summed E-state index contributed by atoms with van der Waals surface area (Å²) in [5.41, 5.74) is 2.62. The second-order valence-corrected chi connectivity index (χ2v) is 7.60. The number of benzene rings is 3. The fourth-order valence-electron chi connectivity index (χ4n) is 3.47. The largest absolute Gasteiger partial charge is 0.497 e. The number of tetrazole rings is 2. The van der Waals surface area contributed by atoms with Gasteiger partial charge in [0.25, 0.3) is 5.91 Å². The Morgan fingerprint density at radius 2 is 1.78 bits per heavy atom. The molecule has 2 aromatic heterocycles. The lowest BCUT2D eigenvalue weighted by Gasteiger charge is -2.09. The van der Waals surface area contributed by atoms with Crippen molar-refractivity contribution >= 4 is 17.4 Å². The molecular formula is C24H19N9O3. The van der Waals surface area contributed by atoms with E-state index in [1.165, 1.54) is 15.8 Å². The second-order valence-electron chi connectivity index (χ2n) is 7.60. The van der Waals surface area contributed by atoms with Crippen LogP contribution in [0, 0.1) is 0 Å². The number of ketones is 1. The third-order valence-corrected chi connectivity index (χ3v) is 5.29. The number of aromatic nitrogens is 8. The number of anilines is 1. The molecule has 0 aliphatic carbocycles. The molecule has 36 heavy (non-hydrogen) atoms. The van der Waals surface area contributed by atoms with Gasteiger partial charge in [-0.3, -0.25) is 9.59 Å². The summed E-state index contributed by atoms with van der Waals surface area (Å²) in [5.74, 6) is 0.425. The molecule has 0 fully saturated rings. The van der Waals surface area contributed by atoms with E-state index in [9.17, 15) is 9.59 Å². The highest BCUT2D eigenvalue weighted by Gasteiger charge is 2.16. The van der Waals surface area contributed by atoms with Gasteiger partial charge in [0.2, 0.25) is 5.82 Å². The van der Waals surface area contributed by atoms with E-state index in [0.717, 1.165) is 0 Å². The number of para-hydroxylation sites is 1. The molecule has 3 aromatic carbocycles. The third kappa shape index (κ3) is 4.82. The Kier molecular flexibility index (Phi) is 6.21. The number of carbonyl (C=O) groups excluding carboxylic acids is 2. The molecule has 0 saturated carbocycles. The fraction of sp³-hybridized carbons (Fsp3) is 0.0833. The van der Waals surface area contributed by atoms with Crippen molar-refractivity contribution < 1.29 is 14.3 Å². The molecule has 0 aliphatic rings. The summed E-state index contributed by atoms with van der Waals surface area (Å²) in [5, 5.41) is 26.4. The number of nitrogens with zero attached hydrogens (tertiary/aromatic N) is 8. The van der Waals surface area contributed by atoms with Crippen LogP contribution in [0.4, 0.5) is 5.69 Å². The van der Waals surface area contributed by atoms with Gasteiger partial charge in [-0.05, 0) is 70.2 Å². The van der Waals surface area contributed by atoms with Gasteiger partial charge in [-0.25, -0.2) is 4.68 Å². The summed E-state index contributed by atoms with van der Waals surface area (Å²) in [7, 11) is 1.56. The molecular weight excluding hydrogens is 462 g/mol. The number of hydrogen-bond donors (Lipinski definition) is 1. The topological polar surface area (TPSA) is 143 Å². The van der Waals surface area contributed by atoms with Crippen LogP contribution in [0.5, 0.6) is 5.75 Å². The molecule has 178 valence electrons. The Morgan fingerprint density at radius 3 is 2.56 bits per heavy atom. The molecule has 1 N–H and O–H groups in total. The lowest BCUT2D eigenvalue weighted by molar-refractivity contribution is 0.0960. The fourth-order valence-corrected chi connectivity index (χ4v) is 3.47. The van der Waals surface area contributed by atoms with E-state index in [1.807, 2.05) is 0 Å². The average molecular weight is 481 g/mol. The van der Waals surface area contributed by atoms with Crippen LogP contribution in [0.3, 0.4) is 0 Å². The van der Waals surface area contributed by atoms with Crippen LogP contribution in [-0.4, -0.2) is 59.2 Å². The normalized spacial score (nSPS) is 10.7. The minimum Gasteiger partial charge on any atom is -0.497 e. The van der Waals surface area contributed by atoms with E-state index in [0.29, 0.717) is 33.8 Å². The maximum Gasteiger partial charge on any atom is 0.255 e. The minimum absolute atomic E-state index is 0.0855. The van der Waals surface area contributed by atoms with Crippen molar-refractivity contribution in [1.82, 2.24) is 40.4 Å². The number of rotatable bonds is 8. The van der Waals surface area contributed by atoms with E-state index in [-0.39, 0.29) is 24.1 Å². The molecule has 0 atom stereocenters. The summed E-state index contributed by atoms with van der Waals surface area (Å²) in [6.07, 6.45) is 1.45. The molecule has 0 spiro atoms. The highest BCUT2D eigenvalue weighted by Crippen LogP contribution is 2.25. The van der Waals surface area contributed by atoms with Gasteiger partial charge in [0.15, 0.2) is 5.78 Å². The molecule has 5 aromatic rings. The van der Waals surface area contributed by atoms with Crippen molar-refractivity contribution in [3.05, 3.63) is 90.3 Å². The Hall–Kier alpha value is -5.26. The van der Waals surface area contributed by atoms with Gasteiger partial charge in [-0.2, -0.15) is 4.80 Å². The highest BCUT2D eigenvalue weighted by molar-refractivity contribution is 6.06. The summed E-state index contributed by atoms with van der Waals surface area (Å²) in [6.45, 7) is -0.0855. The molecule has 0 radical (unpaired) electrons. The van der Waals surface area contributed by atoms with Crippen LogP contribution in [0.2, 0.25) is 0 Å². The predicted octanol–water partition coefficient (Wildman–Crippen LogP) is 2.46. The zero-order chi connectivity index (χ0) is 24.9. The van der Waals surface area contributed by atoms with Crippen LogP contribution in [0.15, 0.2) is 79.1 Å². The zero-order valence-electron chi connectivity index (χ0n) is 19.0. The summed E-state index contributed by atoms with van der Waals surface area (Å²) < 4.78 is 6.58. The van der Waals surface area contributed by atoms with Crippen molar-refractivity contribution in [1.29, 1.82) is 0 Å². The zero-order valence-corrected chi connectivity index (χ0v) is 19.0. The van der Waals surface area contributed by atoms with Crippen LogP contribution < -0.4 is 10.1 Å². The Bertz CT molecular complexity index is 1510. The van der Waals surface area contributed by atoms with Gasteiger partial charge < -0.3 is 10.1 Å². The standard InChI is InChI=1S/C24H19N9O3/c1-36-19-11-9-16(10-12-19)22(34)14-33-28-23(27-30-33)20-7-2-3-8-21(20)26-24(35)17-5-4-6-18(13-17)32-15-25-29-31-32/h2-13,15H,14H2,1H3,(H,26,35). The van der Waals surface area contributed by atoms with E-state index >= 15 is 0 Å². The monoisotopic (exact) mass is 481 g/mol. The van der Waals surface area contributed by atoms with E-state index < -0.39 is 0 Å². The first-order valence-corrected chi connectivity index (χ1v) is 10.8. The molecule has 0 saturated heterocycles. The van der Waals surface area contributed by atoms with Gasteiger partial charge in [-0.1, -0.05) is 18.2 Å². The first-order chi connectivity index (χ1) is 17.6. The van der Waals surface area contributed by atoms with Gasteiger partial charge in [0, 0.05) is 16.7 Å². The van der Waals surface area contributed by atoms with E-state index in [1.54, 1.807) is 79.9 Å². The van der Waals surface area contributed by atoms with Crippen molar-refractivity contribution in [2.24, 2.45) is 0 Å². The maximum absolute atomic E-state index is 13.0. The van der Waals surface area contributed by atoms with Crippen molar-refractivity contribution in [2.75, 3.05) is 12.4 Å². The van der Waals surface area contributed by atoms with E-state index in [2.05, 4.69) is 36.3 Å². The van der Waals surface area contributed by atoms with Gasteiger partial charge in [-0.15, -0.1) is 15.3 Å². The quantitative estimate of drug-likeness (QED) is 0.331. The maximum atomic E-state index is 13.0. The number of nitrogens with one attached hydrogen (secondary N) is 1. The summed E-state index contributed by atoms with van der Waals surface area (Å²) in [6, 6.07) is 20.8. The summed E-state index contributed by atoms with van der Waals surface area (Å²) in [4.78, 5) is 26.8. The molecule has 1 amide bonds. The number of methoxy groups -OCH3 is 1. The van der Waals surface area contributed by atoms with Crippen molar-refractivity contribution in [2.45, 2.75) is 6.54 Å². The van der Waals surface area contributed by atoms with Gasteiger partial charge >= 0.3 is 0 Å². The van der Waals surface area contributed by atoms with Crippen LogP contribution in [-0.2, 0) is 6.54 Å². The van der Waals surface area contributed by atoms with Crippen molar-refractivity contribution in [3.63, 3.8) is 0 Å². The molecule has 0 bridgehead atoms. The minimum atomic E-state index is -0.334. The van der Waals surface area contributed by atoms with E-state index in [4.69, 9.17) is 4.74 Å². The highest BCUT2D eigenvalue weighted by atomic mass is 16.5. The Balaban J connectivity index is 1.33. The van der Waals surface area contributed by atoms with Crippen LogP contribution in [0.1, 0.15) is 20.7 Å². The third-order valence-electron chi connectivity index (χ3n) is 5.29. The molecule has 12 heteroatoms. The first kappa shape index (κ1) is 22.5. The molecule has 0 aliphatic heterocycles. The average Bonchev–Trinajstić information content (AvgIpc) is 3.62. The number of Topliss-reactive ketones (excluding diaryl/α,β-unsaturated/α-hetero) is 1. The molecule has 5 rings (SSSR count). The molecule has 2 heterocycles. The lowest BCUT2D eigenvalue weighted by atomic mass is 10.1. The van der Waals surface area contributed by atoms with Crippen LogP contribution in [0.25, 0.3) is 17.1 Å². The predicted molar refractivity (Wildman–Crippen MR) is 128 cm³/mol. The lowest BCUT2D eigenvalue weighted by Crippen LogP contribution is -2.14. The molecule has 12 nitrogen and oxygen atoms in total. The Labute approximate surface area is 204 Å². The van der Waals surface area contributed by atoms with Crippen molar-refractivity contribution in [3.8, 4) is 22.8 Å². The smallest absolute Gasteiger partial charge is 0.255 e. The SMILES string of the molecule is COc1ccc(C(=O)Cn2nnc(-c3ccccc3NC(=O)c3cccc(-n4cnnn4)c3)n2)cc1. The first-order valence-electron chi connectivity index (χ1n) is 10.8. The second kappa shape index (κ2) is 9.93. The number of carbonyl (C=O) groups is 2. The number of hydrogen-bond acceptors (Lipinski definition) is 9. The van der Waals surface area contributed by atoms with Gasteiger partial charge in [0.1, 0.15) is 18.6 Å². The Morgan fingerprint density at radius 1 is 0.944 bits per heavy atom. The summed E-state index contributed by atoms with van der Waals surface area (Å²) >= 11 is 0. The number of ether oxygens (including phenoxy) is 1. The van der Waals surface area contributed by atoms with Crippen LogP contribution >= 0.6 is 0 Å². The number of amides is 1. The molecule has 0 unspecified atom stereocenters.